The van der Waals surface area contributed by atoms with Crippen LogP contribution in [0.1, 0.15) is 55.0 Å². The lowest BCUT2D eigenvalue weighted by Gasteiger charge is -2.30. The number of carbonyl (C=O) groups excluding carboxylic acids is 1. The Morgan fingerprint density at radius 1 is 1.00 bits per heavy atom. The summed E-state index contributed by atoms with van der Waals surface area (Å²) in [5.41, 5.74) is 8.79. The van der Waals surface area contributed by atoms with E-state index in [0.717, 1.165) is 39.5 Å². The van der Waals surface area contributed by atoms with E-state index in [1.165, 1.54) is 11.1 Å². The van der Waals surface area contributed by atoms with Gasteiger partial charge in [0.1, 0.15) is 0 Å². The molecule has 1 aliphatic rings. The number of fused-ring (bicyclic) bond motifs is 3. The molecule has 2 N–H and O–H groups in total. The van der Waals surface area contributed by atoms with Crippen LogP contribution in [-0.2, 0) is 4.79 Å². The minimum absolute atomic E-state index is 0.113. The van der Waals surface area contributed by atoms with Gasteiger partial charge in [0, 0.05) is 11.4 Å². The zero-order valence-electron chi connectivity index (χ0n) is 20.3. The molecule has 0 aliphatic carbocycles. The van der Waals surface area contributed by atoms with Gasteiger partial charge in [-0.15, -0.1) is 0 Å². The second-order valence-electron chi connectivity index (χ2n) is 9.43. The van der Waals surface area contributed by atoms with Crippen LogP contribution in [0.3, 0.4) is 0 Å². The number of aromatic nitrogens is 2. The van der Waals surface area contributed by atoms with E-state index in [0.29, 0.717) is 11.5 Å². The lowest BCUT2D eigenvalue weighted by atomic mass is 9.92. The topological polar surface area (TPSA) is 59.0 Å². The fourth-order valence-electron chi connectivity index (χ4n) is 4.76. The zero-order chi connectivity index (χ0) is 24.0. The highest BCUT2D eigenvalue weighted by molar-refractivity contribution is 6.10. The Bertz CT molecular complexity index is 1430. The largest absolute Gasteiger partial charge is 0.344 e. The van der Waals surface area contributed by atoms with Gasteiger partial charge in [0.05, 0.1) is 22.6 Å². The number of para-hydroxylation sites is 2. The SMILES string of the molecule is CC1=C(C(=O)Nc2ccc(C)cc2C)C(c2ccc(C(C)C)cc2)Nc2nc3ccccc3n21. The first-order valence-corrected chi connectivity index (χ1v) is 11.8. The summed E-state index contributed by atoms with van der Waals surface area (Å²) in [5, 5.41) is 6.72. The fraction of sp³-hybridized carbons (Fsp3) is 0.241. The fourth-order valence-corrected chi connectivity index (χ4v) is 4.76. The molecule has 0 saturated heterocycles. The predicted molar refractivity (Wildman–Crippen MR) is 140 cm³/mol. The van der Waals surface area contributed by atoms with Crippen LogP contribution in [0.4, 0.5) is 11.6 Å². The van der Waals surface area contributed by atoms with Crippen molar-refractivity contribution in [3.05, 3.63) is 94.6 Å². The third-order valence-corrected chi connectivity index (χ3v) is 6.66. The van der Waals surface area contributed by atoms with E-state index in [2.05, 4.69) is 61.7 Å². The van der Waals surface area contributed by atoms with E-state index in [1.54, 1.807) is 0 Å². The molecule has 5 nitrogen and oxygen atoms in total. The first kappa shape index (κ1) is 22.0. The van der Waals surface area contributed by atoms with Crippen molar-refractivity contribution in [2.75, 3.05) is 10.6 Å². The minimum Gasteiger partial charge on any atom is -0.344 e. The number of carbonyl (C=O) groups is 1. The molecule has 1 aliphatic heterocycles. The monoisotopic (exact) mass is 450 g/mol. The van der Waals surface area contributed by atoms with E-state index < -0.39 is 0 Å². The van der Waals surface area contributed by atoms with E-state index in [9.17, 15) is 4.79 Å². The average molecular weight is 451 g/mol. The summed E-state index contributed by atoms with van der Waals surface area (Å²) >= 11 is 0. The van der Waals surface area contributed by atoms with Gasteiger partial charge in [-0.25, -0.2) is 4.98 Å². The number of anilines is 2. The van der Waals surface area contributed by atoms with E-state index >= 15 is 0 Å². The quantitative estimate of drug-likeness (QED) is 0.359. The van der Waals surface area contributed by atoms with E-state index in [-0.39, 0.29) is 11.9 Å². The number of aryl methyl sites for hydroxylation is 2. The van der Waals surface area contributed by atoms with Crippen LogP contribution in [0.2, 0.25) is 0 Å². The van der Waals surface area contributed by atoms with Crippen molar-refractivity contribution in [2.45, 2.75) is 46.6 Å². The molecule has 1 amide bonds. The maximum Gasteiger partial charge on any atom is 0.255 e. The Morgan fingerprint density at radius 3 is 2.44 bits per heavy atom. The van der Waals surface area contributed by atoms with Crippen LogP contribution in [0.5, 0.6) is 0 Å². The average Bonchev–Trinajstić information content (AvgIpc) is 3.19. The molecule has 1 unspecified atom stereocenters. The predicted octanol–water partition coefficient (Wildman–Crippen LogP) is 6.81. The van der Waals surface area contributed by atoms with E-state index in [4.69, 9.17) is 4.98 Å². The standard InChI is InChI=1S/C29H30N4O/c1-17(2)21-11-13-22(14-12-21)27-26(28(34)30-23-15-10-18(3)16-19(23)4)20(5)33-25-9-7-6-8-24(25)31-29(33)32-27/h6-17,27H,1-5H3,(H,30,34)(H,31,32). The molecule has 0 saturated carbocycles. The molecule has 1 atom stereocenters. The van der Waals surface area contributed by atoms with Crippen molar-refractivity contribution in [2.24, 2.45) is 0 Å². The Labute approximate surface area is 200 Å². The summed E-state index contributed by atoms with van der Waals surface area (Å²) in [7, 11) is 0. The van der Waals surface area contributed by atoms with Crippen LogP contribution >= 0.6 is 0 Å². The molecule has 34 heavy (non-hydrogen) atoms. The number of amides is 1. The molecule has 0 spiro atoms. The van der Waals surface area contributed by atoms with Gasteiger partial charge in [-0.2, -0.15) is 0 Å². The van der Waals surface area contributed by atoms with Gasteiger partial charge >= 0.3 is 0 Å². The van der Waals surface area contributed by atoms with Crippen LogP contribution in [0, 0.1) is 13.8 Å². The van der Waals surface area contributed by atoms with Crippen LogP contribution in [-0.4, -0.2) is 15.5 Å². The molecule has 1 aromatic heterocycles. The first-order valence-electron chi connectivity index (χ1n) is 11.8. The van der Waals surface area contributed by atoms with Crippen molar-refractivity contribution in [3.8, 4) is 0 Å². The normalized spacial score (nSPS) is 15.4. The number of benzene rings is 3. The molecule has 2 heterocycles. The zero-order valence-corrected chi connectivity index (χ0v) is 20.3. The number of imidazole rings is 1. The maximum atomic E-state index is 13.8. The molecular formula is C29H30N4O. The molecule has 3 aromatic carbocycles. The molecule has 172 valence electrons. The van der Waals surface area contributed by atoms with Crippen LogP contribution in [0.25, 0.3) is 16.7 Å². The Kier molecular flexibility index (Phi) is 5.48. The maximum absolute atomic E-state index is 13.8. The number of allylic oxidation sites excluding steroid dienone is 1. The third-order valence-electron chi connectivity index (χ3n) is 6.66. The molecule has 0 radical (unpaired) electrons. The van der Waals surface area contributed by atoms with Gasteiger partial charge < -0.3 is 10.6 Å². The van der Waals surface area contributed by atoms with Crippen molar-refractivity contribution in [3.63, 3.8) is 0 Å². The summed E-state index contributed by atoms with van der Waals surface area (Å²) in [6, 6.07) is 22.3. The highest BCUT2D eigenvalue weighted by Gasteiger charge is 2.33. The lowest BCUT2D eigenvalue weighted by molar-refractivity contribution is -0.113. The van der Waals surface area contributed by atoms with Gasteiger partial charge in [0.2, 0.25) is 5.95 Å². The number of rotatable bonds is 4. The molecule has 4 aromatic rings. The van der Waals surface area contributed by atoms with Gasteiger partial charge in [-0.1, -0.05) is 67.9 Å². The smallest absolute Gasteiger partial charge is 0.255 e. The molecular weight excluding hydrogens is 420 g/mol. The van der Waals surface area contributed by atoms with Crippen LogP contribution < -0.4 is 10.6 Å². The Balaban J connectivity index is 1.63. The van der Waals surface area contributed by atoms with Crippen LogP contribution in [0.15, 0.2) is 72.3 Å². The number of nitrogens with zero attached hydrogens (tertiary/aromatic N) is 2. The third kappa shape index (κ3) is 3.77. The summed E-state index contributed by atoms with van der Waals surface area (Å²) in [4.78, 5) is 18.6. The van der Waals surface area contributed by atoms with Gasteiger partial charge in [-0.3, -0.25) is 9.36 Å². The highest BCUT2D eigenvalue weighted by Crippen LogP contribution is 2.39. The van der Waals surface area contributed by atoms with Gasteiger partial charge in [0.25, 0.3) is 5.91 Å². The van der Waals surface area contributed by atoms with Gasteiger partial charge in [0.15, 0.2) is 0 Å². The molecule has 5 rings (SSSR count). The molecule has 0 fully saturated rings. The Morgan fingerprint density at radius 2 is 1.74 bits per heavy atom. The second-order valence-corrected chi connectivity index (χ2v) is 9.43. The Hall–Kier alpha value is -3.86. The summed E-state index contributed by atoms with van der Waals surface area (Å²) < 4.78 is 2.05. The first-order chi connectivity index (χ1) is 16.3. The second kappa shape index (κ2) is 8.49. The minimum atomic E-state index is -0.309. The summed E-state index contributed by atoms with van der Waals surface area (Å²) in [5.74, 6) is 1.08. The number of hydrogen-bond acceptors (Lipinski definition) is 3. The highest BCUT2D eigenvalue weighted by atomic mass is 16.1. The number of hydrogen-bond donors (Lipinski definition) is 2. The summed E-state index contributed by atoms with van der Waals surface area (Å²) in [6.07, 6.45) is 0. The molecule has 5 heteroatoms. The number of nitrogens with one attached hydrogen (secondary N) is 2. The lowest BCUT2D eigenvalue weighted by Crippen LogP contribution is -2.30. The summed E-state index contributed by atoms with van der Waals surface area (Å²) in [6.45, 7) is 10.4. The van der Waals surface area contributed by atoms with Crippen molar-refractivity contribution >= 4 is 34.3 Å². The van der Waals surface area contributed by atoms with E-state index in [1.807, 2.05) is 54.8 Å². The molecule has 0 bridgehead atoms. The van der Waals surface area contributed by atoms with Gasteiger partial charge in [-0.05, 0) is 61.6 Å². The van der Waals surface area contributed by atoms with Crippen molar-refractivity contribution < 1.29 is 4.79 Å². The van der Waals surface area contributed by atoms with Crippen molar-refractivity contribution in [1.82, 2.24) is 9.55 Å². The van der Waals surface area contributed by atoms with Crippen molar-refractivity contribution in [1.29, 1.82) is 0 Å².